The summed E-state index contributed by atoms with van der Waals surface area (Å²) in [4.78, 5) is 11.2. The molecule has 0 unspecified atom stereocenters. The van der Waals surface area contributed by atoms with Gasteiger partial charge in [-0.25, -0.2) is 0 Å². The molecule has 0 aromatic carbocycles. The average molecular weight is 214 g/mol. The van der Waals surface area contributed by atoms with E-state index in [0.717, 1.165) is 25.7 Å². The number of ether oxygens (including phenoxy) is 1. The zero-order chi connectivity index (χ0) is 11.1. The van der Waals surface area contributed by atoms with Crippen molar-refractivity contribution >= 4 is 5.91 Å². The zero-order valence-corrected chi connectivity index (χ0v) is 9.71. The lowest BCUT2D eigenvalue weighted by Gasteiger charge is -2.28. The Morgan fingerprint density at radius 1 is 1.33 bits per heavy atom. The molecule has 0 aliphatic heterocycles. The molecular formula is C11H22N2O2. The Morgan fingerprint density at radius 2 is 2.00 bits per heavy atom. The molecule has 0 bridgehead atoms. The zero-order valence-electron chi connectivity index (χ0n) is 9.71. The second-order valence-corrected chi connectivity index (χ2v) is 4.04. The second-order valence-electron chi connectivity index (χ2n) is 4.04. The summed E-state index contributed by atoms with van der Waals surface area (Å²) < 4.78 is 5.30. The van der Waals surface area contributed by atoms with Crippen LogP contribution >= 0.6 is 0 Å². The van der Waals surface area contributed by atoms with Crippen LogP contribution in [-0.4, -0.2) is 38.3 Å². The van der Waals surface area contributed by atoms with Gasteiger partial charge in [-0.05, 0) is 32.6 Å². The Hall–Kier alpha value is -0.610. The van der Waals surface area contributed by atoms with Crippen LogP contribution in [0.2, 0.25) is 0 Å². The Kier molecular flexibility index (Phi) is 5.65. The lowest BCUT2D eigenvalue weighted by atomic mass is 9.93. The highest BCUT2D eigenvalue weighted by atomic mass is 16.5. The van der Waals surface area contributed by atoms with Gasteiger partial charge in [0.25, 0.3) is 0 Å². The first kappa shape index (κ1) is 12.5. The number of carbonyl (C=O) groups is 1. The molecule has 4 heteroatoms. The average Bonchev–Trinajstić information content (AvgIpc) is 2.27. The van der Waals surface area contributed by atoms with Gasteiger partial charge in [-0.2, -0.15) is 0 Å². The van der Waals surface area contributed by atoms with Crippen LogP contribution in [0.5, 0.6) is 0 Å². The summed E-state index contributed by atoms with van der Waals surface area (Å²) in [7, 11) is 1.77. The molecule has 0 aromatic rings. The summed E-state index contributed by atoms with van der Waals surface area (Å²) in [6, 6.07) is 0.485. The van der Waals surface area contributed by atoms with Crippen LogP contribution in [0.15, 0.2) is 0 Å². The van der Waals surface area contributed by atoms with Gasteiger partial charge in [0.2, 0.25) is 5.91 Å². The lowest BCUT2D eigenvalue weighted by molar-refractivity contribution is -0.120. The summed E-state index contributed by atoms with van der Waals surface area (Å²) in [6.07, 6.45) is 4.84. The fourth-order valence-electron chi connectivity index (χ4n) is 2.00. The second kappa shape index (κ2) is 6.80. The number of rotatable bonds is 5. The van der Waals surface area contributed by atoms with Crippen LogP contribution in [0.1, 0.15) is 32.6 Å². The van der Waals surface area contributed by atoms with E-state index in [1.807, 2.05) is 6.92 Å². The van der Waals surface area contributed by atoms with Crippen LogP contribution in [0, 0.1) is 0 Å². The van der Waals surface area contributed by atoms with Crippen molar-refractivity contribution < 1.29 is 9.53 Å². The third-order valence-electron chi connectivity index (χ3n) is 2.93. The van der Waals surface area contributed by atoms with Gasteiger partial charge >= 0.3 is 0 Å². The van der Waals surface area contributed by atoms with Crippen molar-refractivity contribution in [2.24, 2.45) is 0 Å². The van der Waals surface area contributed by atoms with E-state index in [1.165, 1.54) is 0 Å². The minimum Gasteiger partial charge on any atom is -0.381 e. The van der Waals surface area contributed by atoms with Gasteiger partial charge in [0.05, 0.1) is 12.6 Å². The van der Waals surface area contributed by atoms with Crippen molar-refractivity contribution in [2.45, 2.75) is 44.8 Å². The SMILES string of the molecule is CCNC(=O)CNC1CCC(OC)CC1. The van der Waals surface area contributed by atoms with Gasteiger partial charge in [-0.15, -0.1) is 0 Å². The van der Waals surface area contributed by atoms with E-state index in [4.69, 9.17) is 4.74 Å². The maximum Gasteiger partial charge on any atom is 0.233 e. The minimum atomic E-state index is 0.0892. The number of methoxy groups -OCH3 is 1. The molecule has 0 spiro atoms. The molecule has 88 valence electrons. The molecule has 0 atom stereocenters. The molecule has 4 nitrogen and oxygen atoms in total. The van der Waals surface area contributed by atoms with Crippen LogP contribution in [0.4, 0.5) is 0 Å². The van der Waals surface area contributed by atoms with Crippen LogP contribution in [0.3, 0.4) is 0 Å². The van der Waals surface area contributed by atoms with E-state index in [-0.39, 0.29) is 5.91 Å². The van der Waals surface area contributed by atoms with Crippen LogP contribution in [-0.2, 0) is 9.53 Å². The van der Waals surface area contributed by atoms with Crippen molar-refractivity contribution in [2.75, 3.05) is 20.2 Å². The third-order valence-corrected chi connectivity index (χ3v) is 2.93. The number of nitrogens with one attached hydrogen (secondary N) is 2. The fraction of sp³-hybridized carbons (Fsp3) is 0.909. The van der Waals surface area contributed by atoms with E-state index in [9.17, 15) is 4.79 Å². The summed E-state index contributed by atoms with van der Waals surface area (Å²) in [5.74, 6) is 0.0892. The highest BCUT2D eigenvalue weighted by Crippen LogP contribution is 2.20. The summed E-state index contributed by atoms with van der Waals surface area (Å²) in [5.41, 5.74) is 0. The van der Waals surface area contributed by atoms with Crippen molar-refractivity contribution in [3.8, 4) is 0 Å². The highest BCUT2D eigenvalue weighted by Gasteiger charge is 2.20. The monoisotopic (exact) mass is 214 g/mol. The lowest BCUT2D eigenvalue weighted by Crippen LogP contribution is -2.41. The number of amides is 1. The standard InChI is InChI=1S/C11H22N2O2/c1-3-12-11(14)8-13-9-4-6-10(15-2)7-5-9/h9-10,13H,3-8H2,1-2H3,(H,12,14). The maximum absolute atomic E-state index is 11.2. The first-order valence-corrected chi connectivity index (χ1v) is 5.79. The molecule has 1 aliphatic carbocycles. The van der Waals surface area contributed by atoms with Gasteiger partial charge in [0.1, 0.15) is 0 Å². The van der Waals surface area contributed by atoms with Gasteiger partial charge in [0, 0.05) is 19.7 Å². The van der Waals surface area contributed by atoms with Gasteiger partial charge in [-0.1, -0.05) is 0 Å². The Morgan fingerprint density at radius 3 is 2.53 bits per heavy atom. The number of likely N-dealkylation sites (N-methyl/N-ethyl adjacent to an activating group) is 1. The molecule has 1 rings (SSSR count). The van der Waals surface area contributed by atoms with Crippen molar-refractivity contribution in [1.82, 2.24) is 10.6 Å². The molecule has 0 aromatic heterocycles. The first-order valence-electron chi connectivity index (χ1n) is 5.79. The summed E-state index contributed by atoms with van der Waals surface area (Å²) in [5, 5.41) is 6.06. The molecular weight excluding hydrogens is 192 g/mol. The maximum atomic E-state index is 11.2. The smallest absolute Gasteiger partial charge is 0.233 e. The fourth-order valence-corrected chi connectivity index (χ4v) is 2.00. The van der Waals surface area contributed by atoms with E-state index >= 15 is 0 Å². The van der Waals surface area contributed by atoms with E-state index in [0.29, 0.717) is 25.2 Å². The normalized spacial score (nSPS) is 26.3. The largest absolute Gasteiger partial charge is 0.381 e. The van der Waals surface area contributed by atoms with Gasteiger partial charge in [0.15, 0.2) is 0 Å². The van der Waals surface area contributed by atoms with Crippen LogP contribution in [0.25, 0.3) is 0 Å². The van der Waals surface area contributed by atoms with E-state index < -0.39 is 0 Å². The molecule has 2 N–H and O–H groups in total. The molecule has 1 saturated carbocycles. The molecule has 1 aliphatic rings. The van der Waals surface area contributed by atoms with E-state index in [2.05, 4.69) is 10.6 Å². The van der Waals surface area contributed by atoms with Gasteiger partial charge < -0.3 is 15.4 Å². The number of hydrogen-bond acceptors (Lipinski definition) is 3. The predicted molar refractivity (Wildman–Crippen MR) is 59.7 cm³/mol. The molecule has 15 heavy (non-hydrogen) atoms. The molecule has 0 heterocycles. The number of hydrogen-bond donors (Lipinski definition) is 2. The molecule has 0 saturated heterocycles. The van der Waals surface area contributed by atoms with E-state index in [1.54, 1.807) is 7.11 Å². The number of carbonyl (C=O) groups excluding carboxylic acids is 1. The highest BCUT2D eigenvalue weighted by molar-refractivity contribution is 5.77. The topological polar surface area (TPSA) is 50.4 Å². The van der Waals surface area contributed by atoms with Crippen LogP contribution < -0.4 is 10.6 Å². The summed E-state index contributed by atoms with van der Waals surface area (Å²) in [6.45, 7) is 3.08. The van der Waals surface area contributed by atoms with Gasteiger partial charge in [-0.3, -0.25) is 4.79 Å². The Bertz CT molecular complexity index is 189. The predicted octanol–water partition coefficient (Wildman–Crippen LogP) is 0.670. The third kappa shape index (κ3) is 4.62. The quantitative estimate of drug-likeness (QED) is 0.707. The minimum absolute atomic E-state index is 0.0892. The van der Waals surface area contributed by atoms with Crippen molar-refractivity contribution in [1.29, 1.82) is 0 Å². The van der Waals surface area contributed by atoms with Crippen molar-refractivity contribution in [3.63, 3.8) is 0 Å². The molecule has 0 radical (unpaired) electrons. The van der Waals surface area contributed by atoms with Crippen molar-refractivity contribution in [3.05, 3.63) is 0 Å². The Balaban J connectivity index is 2.10. The molecule has 1 fully saturated rings. The molecule has 1 amide bonds. The summed E-state index contributed by atoms with van der Waals surface area (Å²) >= 11 is 0. The Labute approximate surface area is 91.8 Å². The first-order chi connectivity index (χ1) is 7.26.